The minimum atomic E-state index is -3.18. The molecule has 4 amide bonds. The summed E-state index contributed by atoms with van der Waals surface area (Å²) in [7, 11) is 8.66. The highest BCUT2D eigenvalue weighted by Gasteiger charge is 2.51. The monoisotopic (exact) mass is 831 g/mol. The molecule has 0 spiro atoms. The highest BCUT2D eigenvalue weighted by Crippen LogP contribution is 2.40. The number of imide groups is 1. The van der Waals surface area contributed by atoms with E-state index in [0.717, 1.165) is 28.2 Å². The highest BCUT2D eigenvalue weighted by atomic mass is 32.1. The van der Waals surface area contributed by atoms with Crippen LogP contribution in [0.2, 0.25) is 0 Å². The number of halogens is 2. The number of carbonyl (C=O) groups is 4. The molecular weight excluding hydrogens is 785 g/mol. The maximum Gasteiger partial charge on any atom is 0.281 e. The van der Waals surface area contributed by atoms with Gasteiger partial charge in [-0.2, -0.15) is 0 Å². The van der Waals surface area contributed by atoms with E-state index in [1.807, 2.05) is 49.3 Å². The number of nitrogens with one attached hydrogen (secondary N) is 2. The zero-order valence-corrected chi connectivity index (χ0v) is 34.4. The summed E-state index contributed by atoms with van der Waals surface area (Å²) in [6, 6.07) is 8.63. The number of hydrogen-bond acceptors (Lipinski definition) is 11. The number of amides is 4. The first-order valence-corrected chi connectivity index (χ1v) is 20.5. The topological polar surface area (TPSA) is 146 Å². The van der Waals surface area contributed by atoms with Crippen LogP contribution in [0.4, 0.5) is 14.5 Å². The molecule has 14 nitrogen and oxygen atoms in total. The zero-order chi connectivity index (χ0) is 41.9. The summed E-state index contributed by atoms with van der Waals surface area (Å²) in [6.45, 7) is 1.52. The molecule has 0 radical (unpaired) electrons. The number of fused-ring (bicyclic) bond motifs is 2. The summed E-state index contributed by atoms with van der Waals surface area (Å²) in [5, 5.41) is 5.24. The van der Waals surface area contributed by atoms with Crippen LogP contribution in [0, 0.1) is 0 Å². The fraction of sp³-hybridized carbons (Fsp3) is 0.452. The number of alkyl halides is 2. The van der Waals surface area contributed by atoms with Gasteiger partial charge in [-0.25, -0.2) is 8.78 Å². The first-order chi connectivity index (χ1) is 28.1. The van der Waals surface area contributed by atoms with E-state index in [4.69, 9.17) is 9.47 Å². The molecule has 8 rings (SSSR count). The Labute approximate surface area is 343 Å². The van der Waals surface area contributed by atoms with Gasteiger partial charge in [-0.1, -0.05) is 6.07 Å². The molecule has 2 aromatic heterocycles. The number of nitrogens with zero attached hydrogens (tertiary/aromatic N) is 5. The lowest BCUT2D eigenvalue weighted by Gasteiger charge is -2.37. The van der Waals surface area contributed by atoms with Gasteiger partial charge >= 0.3 is 0 Å². The maximum absolute atomic E-state index is 15.6. The predicted octanol–water partition coefficient (Wildman–Crippen LogP) is 3.83. The molecule has 2 N–H and O–H groups in total. The van der Waals surface area contributed by atoms with E-state index < -0.39 is 36.4 Å². The Morgan fingerprint density at radius 1 is 1.00 bits per heavy atom. The van der Waals surface area contributed by atoms with E-state index in [9.17, 15) is 24.0 Å². The van der Waals surface area contributed by atoms with Crippen LogP contribution in [0.1, 0.15) is 56.8 Å². The third-order valence-electron chi connectivity index (χ3n) is 12.0. The molecule has 0 saturated carbocycles. The molecule has 312 valence electrons. The van der Waals surface area contributed by atoms with Gasteiger partial charge in [0.2, 0.25) is 11.8 Å². The number of rotatable bonds is 10. The van der Waals surface area contributed by atoms with Gasteiger partial charge in [0, 0.05) is 79.9 Å². The summed E-state index contributed by atoms with van der Waals surface area (Å²) >= 11 is 1.08. The molecule has 4 aliphatic rings. The van der Waals surface area contributed by atoms with Crippen molar-refractivity contribution in [2.24, 2.45) is 7.05 Å². The van der Waals surface area contributed by atoms with Gasteiger partial charge in [0.15, 0.2) is 0 Å². The van der Waals surface area contributed by atoms with E-state index in [0.29, 0.717) is 77.3 Å². The molecular formula is C42H47F2N7O7S. The summed E-state index contributed by atoms with van der Waals surface area (Å²) in [5.74, 6) is -3.69. The Bertz CT molecular complexity index is 2400. The van der Waals surface area contributed by atoms with Crippen molar-refractivity contribution in [3.63, 3.8) is 0 Å². The van der Waals surface area contributed by atoms with Crippen LogP contribution in [0.5, 0.6) is 11.5 Å². The van der Waals surface area contributed by atoms with Crippen molar-refractivity contribution < 1.29 is 37.4 Å². The van der Waals surface area contributed by atoms with Gasteiger partial charge in [0.25, 0.3) is 23.3 Å². The Balaban J connectivity index is 0.938. The summed E-state index contributed by atoms with van der Waals surface area (Å²) in [5.41, 5.74) is 4.11. The fourth-order valence-corrected chi connectivity index (χ4v) is 9.97. The lowest BCUT2D eigenvalue weighted by molar-refractivity contribution is -0.136. The zero-order valence-electron chi connectivity index (χ0n) is 33.6. The van der Waals surface area contributed by atoms with Crippen LogP contribution in [-0.2, 0) is 29.7 Å². The number of likely N-dealkylation sites (tertiary alicyclic amines) is 1. The van der Waals surface area contributed by atoms with Crippen molar-refractivity contribution in [2.75, 3.05) is 59.4 Å². The Kier molecular flexibility index (Phi) is 10.7. The van der Waals surface area contributed by atoms with Crippen LogP contribution in [-0.4, -0.2) is 121 Å². The number of hydrogen-bond donors (Lipinski definition) is 2. The van der Waals surface area contributed by atoms with Crippen molar-refractivity contribution >= 4 is 50.7 Å². The van der Waals surface area contributed by atoms with E-state index in [1.54, 1.807) is 32.4 Å². The second-order valence-corrected chi connectivity index (χ2v) is 17.1. The van der Waals surface area contributed by atoms with Gasteiger partial charge in [-0.15, -0.1) is 11.3 Å². The average Bonchev–Trinajstić information content (AvgIpc) is 3.89. The van der Waals surface area contributed by atoms with Crippen LogP contribution in [0.15, 0.2) is 47.4 Å². The van der Waals surface area contributed by atoms with Gasteiger partial charge < -0.3 is 34.1 Å². The van der Waals surface area contributed by atoms with Crippen molar-refractivity contribution in [3.05, 3.63) is 74.5 Å². The SMILES string of the molecule is COc1cc(-c2cn(C)c(=O)c3cc(C(=O)NC4CN(C5CCN(c6ccc7c(c6)C(=O)N(C6CCC(=O)NC6=O)C7)CC5)CC4(F)F)sc23)cc(OC)c1CN(C)C. The Morgan fingerprint density at radius 3 is 2.37 bits per heavy atom. The fourth-order valence-electron chi connectivity index (χ4n) is 8.88. The summed E-state index contributed by atoms with van der Waals surface area (Å²) in [6.07, 6.45) is 3.38. The van der Waals surface area contributed by atoms with Crippen LogP contribution in [0.25, 0.3) is 21.2 Å². The first kappa shape index (κ1) is 40.4. The van der Waals surface area contributed by atoms with E-state index >= 15 is 8.78 Å². The van der Waals surface area contributed by atoms with Crippen LogP contribution >= 0.6 is 11.3 Å². The number of methoxy groups -OCH3 is 2. The maximum atomic E-state index is 15.6. The quantitative estimate of drug-likeness (QED) is 0.227. The molecule has 6 heterocycles. The molecule has 0 aliphatic carbocycles. The highest BCUT2D eigenvalue weighted by molar-refractivity contribution is 7.21. The van der Waals surface area contributed by atoms with Crippen molar-refractivity contribution in [3.8, 4) is 22.6 Å². The van der Waals surface area contributed by atoms with Crippen LogP contribution in [0.3, 0.4) is 0 Å². The smallest absolute Gasteiger partial charge is 0.281 e. The van der Waals surface area contributed by atoms with Gasteiger partial charge in [-0.3, -0.25) is 34.2 Å². The molecule has 59 heavy (non-hydrogen) atoms. The molecule has 2 unspecified atom stereocenters. The minimum absolute atomic E-state index is 0.0241. The first-order valence-electron chi connectivity index (χ1n) is 19.6. The number of piperidine rings is 2. The third-order valence-corrected chi connectivity index (χ3v) is 13.1. The largest absolute Gasteiger partial charge is 0.496 e. The third kappa shape index (κ3) is 7.55. The van der Waals surface area contributed by atoms with E-state index in [1.165, 1.54) is 15.5 Å². The molecule has 4 aromatic rings. The normalized spacial score (nSPS) is 21.1. The number of carbonyl (C=O) groups excluding carboxylic acids is 4. The number of anilines is 1. The van der Waals surface area contributed by atoms with Gasteiger partial charge in [-0.05, 0) is 74.8 Å². The Morgan fingerprint density at radius 2 is 1.71 bits per heavy atom. The van der Waals surface area contributed by atoms with Crippen molar-refractivity contribution in [1.29, 1.82) is 0 Å². The van der Waals surface area contributed by atoms with Gasteiger partial charge in [0.1, 0.15) is 23.6 Å². The lowest BCUT2D eigenvalue weighted by atomic mass is 10.0. The van der Waals surface area contributed by atoms with Crippen LogP contribution < -0.4 is 30.6 Å². The number of thiophene rings is 1. The second-order valence-electron chi connectivity index (χ2n) is 16.1. The van der Waals surface area contributed by atoms with Crippen molar-refractivity contribution in [1.82, 2.24) is 29.9 Å². The van der Waals surface area contributed by atoms with E-state index in [2.05, 4.69) is 15.5 Å². The number of benzene rings is 2. The lowest BCUT2D eigenvalue weighted by Crippen LogP contribution is -2.52. The predicted molar refractivity (Wildman–Crippen MR) is 218 cm³/mol. The summed E-state index contributed by atoms with van der Waals surface area (Å²) < 4.78 is 44.7. The average molecular weight is 832 g/mol. The van der Waals surface area contributed by atoms with Crippen molar-refractivity contribution in [2.45, 2.75) is 62.8 Å². The Hall–Kier alpha value is -5.39. The molecule has 0 bridgehead atoms. The standard InChI is InChI=1S/C42H47F2N7O7S/c1-47(2)19-30-32(57-4)14-24(15-33(30)58-5)29-20-48(3)40(55)28-17-34(59-37(28)29)39(54)45-35-21-50(22-42(35,43)44)25-10-12-49(13-11-25)26-7-6-23-18-51(41(56)27(23)16-26)31-8-9-36(52)46-38(31)53/h6-7,14-17,20,25,31,35H,8-13,18-19,21-22H2,1-5H3,(H,45,54)(H,46,52,53). The van der Waals surface area contributed by atoms with E-state index in [-0.39, 0.29) is 47.7 Å². The van der Waals surface area contributed by atoms with Gasteiger partial charge in [0.05, 0.1) is 36.6 Å². The molecule has 2 atom stereocenters. The molecule has 2 aromatic carbocycles. The number of aryl methyl sites for hydroxylation is 1. The molecule has 4 aliphatic heterocycles. The number of ether oxygens (including phenoxy) is 2. The minimum Gasteiger partial charge on any atom is -0.496 e. The molecule has 3 saturated heterocycles. The summed E-state index contributed by atoms with van der Waals surface area (Å²) in [4.78, 5) is 72.1. The number of pyridine rings is 1. The second kappa shape index (κ2) is 15.7. The molecule has 3 fully saturated rings. The number of aromatic nitrogens is 1. The molecule has 17 heteroatoms.